The predicted octanol–water partition coefficient (Wildman–Crippen LogP) is 3.31. The van der Waals surface area contributed by atoms with E-state index >= 15 is 0 Å². The average molecular weight is 392 g/mol. The zero-order chi connectivity index (χ0) is 19.7. The molecule has 0 aliphatic carbocycles. The molecule has 2 atom stereocenters. The fourth-order valence-corrected chi connectivity index (χ4v) is 3.64. The second-order valence-corrected chi connectivity index (χ2v) is 6.93. The first-order valence-electron chi connectivity index (χ1n) is 8.77. The van der Waals surface area contributed by atoms with Gasteiger partial charge in [0.2, 0.25) is 0 Å². The Labute approximate surface area is 166 Å². The number of H-pyrrole nitrogens is 1. The third-order valence-corrected chi connectivity index (χ3v) is 5.06. The summed E-state index contributed by atoms with van der Waals surface area (Å²) in [7, 11) is 0. The molecule has 5 nitrogen and oxygen atoms in total. The van der Waals surface area contributed by atoms with Gasteiger partial charge in [-0.1, -0.05) is 60.1 Å². The highest BCUT2D eigenvalue weighted by atomic mass is 35.5. The number of aromatic nitrogens is 1. The van der Waals surface area contributed by atoms with Crippen LogP contribution in [0.5, 0.6) is 0 Å². The molecule has 1 aliphatic heterocycles. The third kappa shape index (κ3) is 3.10. The van der Waals surface area contributed by atoms with Crippen LogP contribution < -0.4 is 9.88 Å². The normalized spacial score (nSPS) is 19.1. The van der Waals surface area contributed by atoms with Crippen LogP contribution in [0, 0.1) is 5.92 Å². The molecule has 1 amide bonds. The number of aromatic amines is 1. The Hall–Kier alpha value is -3.31. The molecule has 2 aromatic carbocycles. The van der Waals surface area contributed by atoms with Crippen LogP contribution in [0.2, 0.25) is 5.02 Å². The summed E-state index contributed by atoms with van der Waals surface area (Å²) < 4.78 is 0. The van der Waals surface area contributed by atoms with Gasteiger partial charge in [0.1, 0.15) is 12.0 Å². The van der Waals surface area contributed by atoms with Gasteiger partial charge in [0.05, 0.1) is 6.20 Å². The maximum Gasteiger partial charge on any atom is 0.378 e. The van der Waals surface area contributed by atoms with Crippen LogP contribution in [0.4, 0.5) is 5.82 Å². The van der Waals surface area contributed by atoms with E-state index in [-0.39, 0.29) is 5.78 Å². The van der Waals surface area contributed by atoms with Gasteiger partial charge in [-0.3, -0.25) is 9.59 Å². The highest BCUT2D eigenvalue weighted by molar-refractivity contribution is 6.48. The Balaban J connectivity index is 1.86. The van der Waals surface area contributed by atoms with Crippen molar-refractivity contribution in [2.24, 2.45) is 5.92 Å². The van der Waals surface area contributed by atoms with Crippen LogP contribution in [-0.2, 0) is 9.59 Å². The number of ketones is 2. The van der Waals surface area contributed by atoms with Crippen molar-refractivity contribution in [1.82, 2.24) is 0 Å². The van der Waals surface area contributed by atoms with Crippen molar-refractivity contribution in [2.75, 3.05) is 4.90 Å². The lowest BCUT2D eigenvalue weighted by atomic mass is 9.86. The number of hydrogen-bond donors (Lipinski definition) is 0. The quantitative estimate of drug-likeness (QED) is 0.389. The van der Waals surface area contributed by atoms with E-state index in [2.05, 4.69) is 4.98 Å². The van der Waals surface area contributed by atoms with Crippen molar-refractivity contribution in [3.05, 3.63) is 95.1 Å². The Morgan fingerprint density at radius 3 is 2.21 bits per heavy atom. The molecule has 1 aromatic heterocycles. The Morgan fingerprint density at radius 1 is 0.893 bits per heavy atom. The molecule has 4 rings (SSSR count). The zero-order valence-corrected chi connectivity index (χ0v) is 15.5. The van der Waals surface area contributed by atoms with Gasteiger partial charge in [-0.25, -0.2) is 9.78 Å². The molecule has 2 heterocycles. The van der Waals surface area contributed by atoms with Crippen molar-refractivity contribution in [3.8, 4) is 0 Å². The molecule has 1 aliphatic rings. The van der Waals surface area contributed by atoms with Crippen LogP contribution in [-0.4, -0.2) is 17.5 Å². The monoisotopic (exact) mass is 391 g/mol. The minimum atomic E-state index is -1.13. The number of amides is 1. The third-order valence-electron chi connectivity index (χ3n) is 4.81. The molecule has 2 unspecified atom stereocenters. The van der Waals surface area contributed by atoms with Crippen LogP contribution in [0.1, 0.15) is 22.0 Å². The number of Topliss-reactive ketones (excluding diaryl/α,β-unsaturated/α-hetero) is 2. The van der Waals surface area contributed by atoms with Gasteiger partial charge in [-0.05, 0) is 23.8 Å². The second-order valence-electron chi connectivity index (χ2n) is 6.49. The summed E-state index contributed by atoms with van der Waals surface area (Å²) in [6.07, 6.45) is 1.67. The minimum Gasteiger partial charge on any atom is -0.293 e. The lowest BCUT2D eigenvalue weighted by Crippen LogP contribution is -2.34. The molecule has 138 valence electrons. The second kappa shape index (κ2) is 7.37. The maximum atomic E-state index is 13.2. The molecule has 1 fully saturated rings. The summed E-state index contributed by atoms with van der Waals surface area (Å²) >= 11 is 6.00. The molecule has 0 spiro atoms. The highest BCUT2D eigenvalue weighted by Gasteiger charge is 2.57. The number of pyridine rings is 1. The van der Waals surface area contributed by atoms with E-state index in [0.29, 0.717) is 22.0 Å². The smallest absolute Gasteiger partial charge is 0.293 e. The van der Waals surface area contributed by atoms with Gasteiger partial charge in [-0.15, -0.1) is 0 Å². The van der Waals surface area contributed by atoms with E-state index in [0.717, 1.165) is 0 Å². The van der Waals surface area contributed by atoms with E-state index in [1.165, 1.54) is 4.90 Å². The summed E-state index contributed by atoms with van der Waals surface area (Å²) in [5.41, 5.74) is 1.06. The number of nitrogens with zero attached hydrogens (tertiary/aromatic N) is 1. The summed E-state index contributed by atoms with van der Waals surface area (Å²) in [5, 5.41) is 0.531. The molecular weight excluding hydrogens is 376 g/mol. The SMILES string of the molecule is O=C1C(=O)N(c2cccc[nH+]2)C(c2ccc(Cl)cc2)C1C(=O)c1ccccc1. The number of halogens is 1. The average Bonchev–Trinajstić information content (AvgIpc) is 3.00. The summed E-state index contributed by atoms with van der Waals surface area (Å²) in [5.74, 6) is -2.49. The molecule has 1 saturated heterocycles. The van der Waals surface area contributed by atoms with Crippen molar-refractivity contribution >= 4 is 34.9 Å². The largest absolute Gasteiger partial charge is 0.378 e. The van der Waals surface area contributed by atoms with Crippen molar-refractivity contribution in [3.63, 3.8) is 0 Å². The lowest BCUT2D eigenvalue weighted by Gasteiger charge is -2.20. The predicted molar refractivity (Wildman–Crippen MR) is 104 cm³/mol. The van der Waals surface area contributed by atoms with E-state index < -0.39 is 23.7 Å². The van der Waals surface area contributed by atoms with Gasteiger partial charge in [0, 0.05) is 16.7 Å². The minimum absolute atomic E-state index is 0.377. The lowest BCUT2D eigenvalue weighted by molar-refractivity contribution is -0.363. The van der Waals surface area contributed by atoms with Gasteiger partial charge in [0.25, 0.3) is 11.6 Å². The molecule has 0 bridgehead atoms. The summed E-state index contributed by atoms with van der Waals surface area (Å²) in [6.45, 7) is 0. The first-order valence-corrected chi connectivity index (χ1v) is 9.14. The van der Waals surface area contributed by atoms with Gasteiger partial charge in [0.15, 0.2) is 5.78 Å². The number of carbonyl (C=O) groups excluding carboxylic acids is 3. The van der Waals surface area contributed by atoms with E-state index in [9.17, 15) is 14.4 Å². The number of hydrogen-bond acceptors (Lipinski definition) is 3. The Bertz CT molecular complexity index is 1040. The van der Waals surface area contributed by atoms with Crippen molar-refractivity contribution in [2.45, 2.75) is 6.04 Å². The van der Waals surface area contributed by atoms with E-state index in [1.54, 1.807) is 79.0 Å². The van der Waals surface area contributed by atoms with Gasteiger partial charge >= 0.3 is 5.91 Å². The Morgan fingerprint density at radius 2 is 1.57 bits per heavy atom. The van der Waals surface area contributed by atoms with Crippen molar-refractivity contribution < 1.29 is 19.4 Å². The Kier molecular flexibility index (Phi) is 4.75. The molecule has 6 heteroatoms. The van der Waals surface area contributed by atoms with Gasteiger partial charge in [-0.2, -0.15) is 4.90 Å². The first kappa shape index (κ1) is 18.1. The van der Waals surface area contributed by atoms with E-state index in [1.807, 2.05) is 0 Å². The zero-order valence-electron chi connectivity index (χ0n) is 14.7. The molecule has 28 heavy (non-hydrogen) atoms. The number of carbonyl (C=O) groups is 3. The maximum absolute atomic E-state index is 13.2. The molecule has 1 N–H and O–H groups in total. The fraction of sp³-hybridized carbons (Fsp3) is 0.0909. The van der Waals surface area contributed by atoms with Crippen molar-refractivity contribution in [1.29, 1.82) is 0 Å². The number of benzene rings is 2. The number of nitrogens with one attached hydrogen (secondary N) is 1. The standard InChI is InChI=1S/C22H15ClN2O3/c23-16-11-9-14(10-12-16)19-18(20(26)15-6-2-1-3-7-15)21(27)22(28)25(19)17-8-4-5-13-24-17/h1-13,18-19H/p+1. The fourth-order valence-electron chi connectivity index (χ4n) is 3.51. The molecule has 3 aromatic rings. The highest BCUT2D eigenvalue weighted by Crippen LogP contribution is 2.40. The van der Waals surface area contributed by atoms with Crippen LogP contribution in [0.3, 0.4) is 0 Å². The molecular formula is C22H16ClN2O3+. The first-order chi connectivity index (χ1) is 13.6. The summed E-state index contributed by atoms with van der Waals surface area (Å²) in [4.78, 5) is 43.3. The number of rotatable bonds is 4. The van der Waals surface area contributed by atoms with E-state index in [4.69, 9.17) is 11.6 Å². The van der Waals surface area contributed by atoms with Crippen LogP contribution in [0.15, 0.2) is 79.0 Å². The molecule has 0 radical (unpaired) electrons. The van der Waals surface area contributed by atoms with Crippen LogP contribution >= 0.6 is 11.6 Å². The van der Waals surface area contributed by atoms with Crippen LogP contribution in [0.25, 0.3) is 0 Å². The summed E-state index contributed by atoms with van der Waals surface area (Å²) in [6, 6.07) is 19.9. The van der Waals surface area contributed by atoms with Gasteiger partial charge < -0.3 is 0 Å². The topological polar surface area (TPSA) is 68.6 Å². The number of anilines is 1. The molecule has 0 saturated carbocycles.